The molecule has 0 fully saturated rings. The Hall–Kier alpha value is -4.70. The number of nitrogens with zero attached hydrogens (tertiary/aromatic N) is 2. The summed E-state index contributed by atoms with van der Waals surface area (Å²) < 4.78 is 53.1. The molecule has 0 radical (unpaired) electrons. The minimum Gasteiger partial charge on any atom is -0.493 e. The number of hydrogen-bond acceptors (Lipinski definition) is 6. The molecule has 0 aromatic heterocycles. The van der Waals surface area contributed by atoms with Crippen molar-refractivity contribution in [1.82, 2.24) is 5.43 Å². The van der Waals surface area contributed by atoms with Crippen molar-refractivity contribution in [1.29, 1.82) is 0 Å². The number of sulfonamides is 1. The van der Waals surface area contributed by atoms with Crippen LogP contribution < -0.4 is 19.2 Å². The fraction of sp³-hybridized carbons (Fsp3) is 0.103. The van der Waals surface area contributed by atoms with E-state index in [9.17, 15) is 17.6 Å². The highest BCUT2D eigenvalue weighted by Gasteiger charge is 2.28. The fourth-order valence-corrected chi connectivity index (χ4v) is 5.09. The monoisotopic (exact) mass is 547 g/mol. The van der Waals surface area contributed by atoms with E-state index in [-0.39, 0.29) is 10.6 Å². The predicted octanol–water partition coefficient (Wildman–Crippen LogP) is 4.76. The second kappa shape index (κ2) is 12.7. The Morgan fingerprint density at radius 2 is 1.59 bits per heavy atom. The Bertz CT molecular complexity index is 1550. The molecule has 0 atom stereocenters. The number of para-hydroxylation sites is 1. The molecule has 10 heteroatoms. The van der Waals surface area contributed by atoms with Gasteiger partial charge in [-0.1, -0.05) is 60.7 Å². The molecule has 0 spiro atoms. The smallest absolute Gasteiger partial charge is 0.264 e. The molecule has 0 aliphatic heterocycles. The highest BCUT2D eigenvalue weighted by atomic mass is 32.2. The average Bonchev–Trinajstić information content (AvgIpc) is 2.96. The largest absolute Gasteiger partial charge is 0.493 e. The first kappa shape index (κ1) is 27.3. The van der Waals surface area contributed by atoms with Gasteiger partial charge in [0, 0.05) is 0 Å². The maximum atomic E-state index is 14.6. The number of amides is 1. The molecule has 0 unspecified atom stereocenters. The van der Waals surface area contributed by atoms with Crippen LogP contribution in [-0.2, 0) is 21.4 Å². The summed E-state index contributed by atoms with van der Waals surface area (Å²) in [5, 5.41) is 3.93. The third-order valence-electron chi connectivity index (χ3n) is 5.57. The van der Waals surface area contributed by atoms with Gasteiger partial charge in [-0.15, -0.1) is 0 Å². The number of hydrogen-bond donors (Lipinski definition) is 1. The quantitative estimate of drug-likeness (QED) is 0.216. The highest BCUT2D eigenvalue weighted by molar-refractivity contribution is 7.92. The van der Waals surface area contributed by atoms with Crippen LogP contribution in [0.15, 0.2) is 113 Å². The SMILES string of the molecule is COc1cc(/C=N\NC(=O)CN(c2ccccc2F)S(=O)(=O)c2ccccc2)ccc1OCc1ccccc1. The van der Waals surface area contributed by atoms with Crippen molar-refractivity contribution < 1.29 is 27.1 Å². The fourth-order valence-electron chi connectivity index (χ4n) is 3.64. The Morgan fingerprint density at radius 3 is 2.28 bits per heavy atom. The maximum Gasteiger partial charge on any atom is 0.264 e. The first-order valence-electron chi connectivity index (χ1n) is 11.9. The van der Waals surface area contributed by atoms with E-state index in [1.54, 1.807) is 36.4 Å². The second-order valence-corrected chi connectivity index (χ2v) is 10.1. The van der Waals surface area contributed by atoms with E-state index < -0.39 is 28.3 Å². The molecule has 4 aromatic rings. The standard InChI is InChI=1S/C29H26FN3O5S/c1-37-28-18-23(16-17-27(28)38-21-22-10-4-2-5-11-22)19-31-32-29(34)20-33(26-15-9-8-14-25(26)30)39(35,36)24-12-6-3-7-13-24/h2-19H,20-21H2,1H3,(H,32,34)/b31-19-. The Balaban J connectivity index is 1.46. The van der Waals surface area contributed by atoms with Crippen molar-refractivity contribution in [2.75, 3.05) is 18.0 Å². The van der Waals surface area contributed by atoms with Crippen molar-refractivity contribution in [2.24, 2.45) is 5.10 Å². The van der Waals surface area contributed by atoms with Crippen LogP contribution >= 0.6 is 0 Å². The Labute approximate surface area is 226 Å². The highest BCUT2D eigenvalue weighted by Crippen LogP contribution is 2.29. The zero-order valence-electron chi connectivity index (χ0n) is 21.0. The molecule has 200 valence electrons. The second-order valence-electron chi connectivity index (χ2n) is 8.25. The van der Waals surface area contributed by atoms with Crippen molar-refractivity contribution in [3.05, 3.63) is 120 Å². The topological polar surface area (TPSA) is 97.3 Å². The lowest BCUT2D eigenvalue weighted by Crippen LogP contribution is -2.40. The summed E-state index contributed by atoms with van der Waals surface area (Å²) in [6.45, 7) is -0.323. The van der Waals surface area contributed by atoms with Crippen LogP contribution in [0, 0.1) is 5.82 Å². The maximum absolute atomic E-state index is 14.6. The molecule has 0 saturated heterocycles. The number of hydrazone groups is 1. The first-order chi connectivity index (χ1) is 18.9. The molecule has 4 rings (SSSR count). The van der Waals surface area contributed by atoms with Crippen LogP contribution in [-0.4, -0.2) is 34.2 Å². The first-order valence-corrected chi connectivity index (χ1v) is 13.3. The van der Waals surface area contributed by atoms with Gasteiger partial charge in [0.2, 0.25) is 0 Å². The number of methoxy groups -OCH3 is 1. The number of carbonyl (C=O) groups excluding carboxylic acids is 1. The Kier molecular flexibility index (Phi) is 8.90. The van der Waals surface area contributed by atoms with Gasteiger partial charge in [-0.3, -0.25) is 9.10 Å². The summed E-state index contributed by atoms with van der Waals surface area (Å²) >= 11 is 0. The molecule has 39 heavy (non-hydrogen) atoms. The van der Waals surface area contributed by atoms with E-state index in [0.717, 1.165) is 11.6 Å². The van der Waals surface area contributed by atoms with Gasteiger partial charge in [0.1, 0.15) is 19.0 Å². The molecule has 1 amide bonds. The lowest BCUT2D eigenvalue weighted by atomic mass is 10.2. The number of benzene rings is 4. The molecule has 4 aromatic carbocycles. The molecular weight excluding hydrogens is 521 g/mol. The van der Waals surface area contributed by atoms with E-state index in [0.29, 0.717) is 28.0 Å². The summed E-state index contributed by atoms with van der Waals surface area (Å²) in [5.41, 5.74) is 3.65. The zero-order chi connectivity index (χ0) is 27.7. The van der Waals surface area contributed by atoms with Gasteiger partial charge in [0.15, 0.2) is 11.5 Å². The van der Waals surface area contributed by atoms with Gasteiger partial charge in [0.25, 0.3) is 15.9 Å². The van der Waals surface area contributed by atoms with Crippen molar-refractivity contribution in [2.45, 2.75) is 11.5 Å². The molecule has 0 aliphatic rings. The molecule has 0 bridgehead atoms. The zero-order valence-corrected chi connectivity index (χ0v) is 21.8. The number of nitrogens with one attached hydrogen (secondary N) is 1. The number of rotatable bonds is 11. The molecule has 1 N–H and O–H groups in total. The minimum atomic E-state index is -4.24. The molecule has 8 nitrogen and oxygen atoms in total. The van der Waals surface area contributed by atoms with Gasteiger partial charge in [0.05, 0.1) is 23.9 Å². The lowest BCUT2D eigenvalue weighted by molar-refractivity contribution is -0.119. The Morgan fingerprint density at radius 1 is 0.923 bits per heavy atom. The van der Waals surface area contributed by atoms with Gasteiger partial charge < -0.3 is 9.47 Å². The molecule has 0 saturated carbocycles. The molecule has 0 heterocycles. The van der Waals surface area contributed by atoms with Gasteiger partial charge in [-0.2, -0.15) is 5.10 Å². The van der Waals surface area contributed by atoms with Crippen LogP contribution in [0.2, 0.25) is 0 Å². The lowest BCUT2D eigenvalue weighted by Gasteiger charge is -2.24. The van der Waals surface area contributed by atoms with Crippen LogP contribution in [0.1, 0.15) is 11.1 Å². The van der Waals surface area contributed by atoms with Crippen molar-refractivity contribution in [3.63, 3.8) is 0 Å². The van der Waals surface area contributed by atoms with E-state index in [2.05, 4.69) is 10.5 Å². The van der Waals surface area contributed by atoms with Crippen molar-refractivity contribution >= 4 is 27.8 Å². The van der Waals surface area contributed by atoms with E-state index in [4.69, 9.17) is 9.47 Å². The van der Waals surface area contributed by atoms with E-state index in [1.165, 1.54) is 43.7 Å². The van der Waals surface area contributed by atoms with Crippen LogP contribution in [0.25, 0.3) is 0 Å². The van der Waals surface area contributed by atoms with Gasteiger partial charge in [-0.25, -0.2) is 18.2 Å². The van der Waals surface area contributed by atoms with Gasteiger partial charge in [-0.05, 0) is 53.6 Å². The minimum absolute atomic E-state index is 0.0776. The third kappa shape index (κ3) is 6.99. The summed E-state index contributed by atoms with van der Waals surface area (Å²) in [6.07, 6.45) is 1.38. The van der Waals surface area contributed by atoms with E-state index >= 15 is 0 Å². The van der Waals surface area contributed by atoms with Gasteiger partial charge >= 0.3 is 0 Å². The van der Waals surface area contributed by atoms with Crippen LogP contribution in [0.3, 0.4) is 0 Å². The van der Waals surface area contributed by atoms with Crippen LogP contribution in [0.5, 0.6) is 11.5 Å². The predicted molar refractivity (Wildman–Crippen MR) is 147 cm³/mol. The summed E-state index contributed by atoms with van der Waals surface area (Å²) in [6, 6.07) is 27.6. The number of halogens is 1. The molecule has 0 aliphatic carbocycles. The summed E-state index contributed by atoms with van der Waals surface area (Å²) in [5.74, 6) is -0.533. The summed E-state index contributed by atoms with van der Waals surface area (Å²) in [4.78, 5) is 12.6. The number of carbonyl (C=O) groups is 1. The number of anilines is 1. The average molecular weight is 548 g/mol. The molecular formula is C29H26FN3O5S. The van der Waals surface area contributed by atoms with E-state index in [1.807, 2.05) is 30.3 Å². The van der Waals surface area contributed by atoms with Crippen LogP contribution in [0.4, 0.5) is 10.1 Å². The summed E-state index contributed by atoms with van der Waals surface area (Å²) in [7, 11) is -2.73. The normalized spacial score (nSPS) is 11.2. The van der Waals surface area contributed by atoms with Crippen molar-refractivity contribution in [3.8, 4) is 11.5 Å². The number of ether oxygens (including phenoxy) is 2. The third-order valence-corrected chi connectivity index (χ3v) is 7.34.